The number of thiophene rings is 1. The summed E-state index contributed by atoms with van der Waals surface area (Å²) in [6.07, 6.45) is 0.341. The van der Waals surface area contributed by atoms with Crippen molar-refractivity contribution in [2.45, 2.75) is 25.5 Å². The molecule has 2 rings (SSSR count). The largest absolute Gasteiger partial charge is 0.497 e. The van der Waals surface area contributed by atoms with E-state index in [0.29, 0.717) is 13.0 Å². The quantitative estimate of drug-likeness (QED) is 0.651. The summed E-state index contributed by atoms with van der Waals surface area (Å²) in [6.45, 7) is 1.90. The van der Waals surface area contributed by atoms with Crippen molar-refractivity contribution in [3.8, 4) is 5.75 Å². The molecule has 6 nitrogen and oxygen atoms in total. The molecular weight excluding hydrogens is 340 g/mol. The van der Waals surface area contributed by atoms with Crippen molar-refractivity contribution in [1.29, 1.82) is 0 Å². The third-order valence-electron chi connectivity index (χ3n) is 3.58. The molecule has 0 aliphatic carbocycles. The molecule has 0 saturated carbocycles. The van der Waals surface area contributed by atoms with Gasteiger partial charge in [0.1, 0.15) is 5.75 Å². The number of nitrogens with one attached hydrogen (secondary N) is 2. The number of benzene rings is 1. The number of ether oxygens (including phenoxy) is 1. The van der Waals surface area contributed by atoms with E-state index in [0.717, 1.165) is 16.2 Å². The summed E-state index contributed by atoms with van der Waals surface area (Å²) in [6, 6.07) is 11.1. The fraction of sp³-hybridized carbons (Fsp3) is 0.333. The molecule has 0 saturated heterocycles. The second-order valence-corrected chi connectivity index (χ2v) is 7.00. The molecule has 0 aliphatic heterocycles. The van der Waals surface area contributed by atoms with Crippen LogP contribution in [-0.4, -0.2) is 36.2 Å². The maximum absolute atomic E-state index is 11.8. The van der Waals surface area contributed by atoms with E-state index in [4.69, 9.17) is 4.74 Å². The van der Waals surface area contributed by atoms with Crippen molar-refractivity contribution in [2.24, 2.45) is 0 Å². The molecule has 2 amide bonds. The predicted octanol–water partition coefficient (Wildman–Crippen LogP) is 1.48. The van der Waals surface area contributed by atoms with Crippen molar-refractivity contribution < 1.29 is 19.4 Å². The van der Waals surface area contributed by atoms with Crippen LogP contribution in [0.1, 0.15) is 17.4 Å². The van der Waals surface area contributed by atoms with Crippen molar-refractivity contribution in [1.82, 2.24) is 10.6 Å². The minimum atomic E-state index is -1.17. The van der Waals surface area contributed by atoms with E-state index in [1.54, 1.807) is 14.0 Å². The highest BCUT2D eigenvalue weighted by Crippen LogP contribution is 2.16. The van der Waals surface area contributed by atoms with Gasteiger partial charge in [-0.1, -0.05) is 18.2 Å². The zero-order valence-electron chi connectivity index (χ0n) is 14.2. The summed E-state index contributed by atoms with van der Waals surface area (Å²) in [5, 5.41) is 17.4. The molecule has 1 atom stereocenters. The Morgan fingerprint density at radius 2 is 1.84 bits per heavy atom. The van der Waals surface area contributed by atoms with E-state index in [2.05, 4.69) is 10.6 Å². The van der Waals surface area contributed by atoms with E-state index >= 15 is 0 Å². The summed E-state index contributed by atoms with van der Waals surface area (Å²) in [7, 11) is 1.59. The van der Waals surface area contributed by atoms with Gasteiger partial charge in [0.25, 0.3) is 0 Å². The van der Waals surface area contributed by atoms with Crippen molar-refractivity contribution in [2.75, 3.05) is 13.7 Å². The van der Waals surface area contributed by atoms with Crippen LogP contribution in [-0.2, 0) is 22.6 Å². The van der Waals surface area contributed by atoms with Crippen LogP contribution < -0.4 is 15.4 Å². The maximum atomic E-state index is 11.8. The first-order valence-electron chi connectivity index (χ1n) is 7.83. The predicted molar refractivity (Wildman–Crippen MR) is 96.5 cm³/mol. The lowest BCUT2D eigenvalue weighted by Crippen LogP contribution is -2.47. The fourth-order valence-electron chi connectivity index (χ4n) is 2.26. The topological polar surface area (TPSA) is 87.7 Å². The zero-order valence-corrected chi connectivity index (χ0v) is 15.1. The van der Waals surface area contributed by atoms with E-state index in [1.165, 1.54) is 11.3 Å². The summed E-state index contributed by atoms with van der Waals surface area (Å²) >= 11 is 1.50. The summed E-state index contributed by atoms with van der Waals surface area (Å²) in [4.78, 5) is 24.6. The van der Waals surface area contributed by atoms with Gasteiger partial charge in [-0.3, -0.25) is 9.59 Å². The van der Waals surface area contributed by atoms with Crippen LogP contribution in [0.15, 0.2) is 41.8 Å². The molecule has 1 heterocycles. The van der Waals surface area contributed by atoms with Crippen LogP contribution in [0.5, 0.6) is 5.75 Å². The first-order chi connectivity index (χ1) is 11.9. The minimum absolute atomic E-state index is 0.0235. The van der Waals surface area contributed by atoms with E-state index in [1.807, 2.05) is 41.8 Å². The van der Waals surface area contributed by atoms with Gasteiger partial charge < -0.3 is 20.5 Å². The fourth-order valence-corrected chi connectivity index (χ4v) is 2.90. The van der Waals surface area contributed by atoms with Crippen LogP contribution in [0.25, 0.3) is 0 Å². The highest BCUT2D eigenvalue weighted by atomic mass is 32.1. The van der Waals surface area contributed by atoms with Crippen molar-refractivity contribution in [3.05, 3.63) is 52.2 Å². The number of amides is 2. The second kappa shape index (κ2) is 8.64. The Labute approximate surface area is 150 Å². The number of rotatable bonds is 7. The standard InChI is InChI=1S/C18H22N2O4S/c1-18(23,10-13-5-7-14(24-2)8-6-13)12-20-17(22)16(21)19-11-15-4-3-9-25-15/h3-9,23H,10-12H2,1-2H3,(H,19,21)(H,20,22)/t18-/m0/s1. The maximum Gasteiger partial charge on any atom is 0.309 e. The minimum Gasteiger partial charge on any atom is -0.497 e. The van der Waals surface area contributed by atoms with Gasteiger partial charge in [-0.2, -0.15) is 0 Å². The molecule has 0 aliphatic rings. The Balaban J connectivity index is 1.78. The van der Waals surface area contributed by atoms with E-state index < -0.39 is 17.4 Å². The lowest BCUT2D eigenvalue weighted by molar-refractivity contribution is -0.139. The number of carbonyl (C=O) groups excluding carboxylic acids is 2. The molecule has 7 heteroatoms. The molecule has 1 aromatic heterocycles. The zero-order chi connectivity index (χ0) is 18.3. The Bertz CT molecular complexity index is 696. The van der Waals surface area contributed by atoms with E-state index in [9.17, 15) is 14.7 Å². The molecular formula is C18H22N2O4S. The average Bonchev–Trinajstić information content (AvgIpc) is 3.11. The first-order valence-corrected chi connectivity index (χ1v) is 8.71. The van der Waals surface area contributed by atoms with Gasteiger partial charge in [-0.15, -0.1) is 11.3 Å². The molecule has 1 aromatic carbocycles. The molecule has 134 valence electrons. The lowest BCUT2D eigenvalue weighted by Gasteiger charge is -2.23. The third kappa shape index (κ3) is 6.21. The first kappa shape index (κ1) is 19.0. The van der Waals surface area contributed by atoms with Gasteiger partial charge in [0, 0.05) is 17.8 Å². The number of hydrogen-bond acceptors (Lipinski definition) is 5. The van der Waals surface area contributed by atoms with Crippen LogP contribution in [0.2, 0.25) is 0 Å². The average molecular weight is 362 g/mol. The monoisotopic (exact) mass is 362 g/mol. The smallest absolute Gasteiger partial charge is 0.309 e. The molecule has 0 radical (unpaired) electrons. The van der Waals surface area contributed by atoms with Gasteiger partial charge in [-0.05, 0) is 36.1 Å². The van der Waals surface area contributed by atoms with Gasteiger partial charge in [-0.25, -0.2) is 0 Å². The van der Waals surface area contributed by atoms with Gasteiger partial charge in [0.15, 0.2) is 0 Å². The number of hydrogen-bond donors (Lipinski definition) is 3. The molecule has 0 spiro atoms. The Kier molecular flexibility index (Phi) is 6.55. The second-order valence-electron chi connectivity index (χ2n) is 5.97. The number of aliphatic hydroxyl groups is 1. The normalized spacial score (nSPS) is 12.9. The van der Waals surface area contributed by atoms with Crippen molar-refractivity contribution >= 4 is 23.2 Å². The number of methoxy groups -OCH3 is 1. The van der Waals surface area contributed by atoms with Crippen LogP contribution in [0.3, 0.4) is 0 Å². The summed E-state index contributed by atoms with van der Waals surface area (Å²) < 4.78 is 5.09. The molecule has 3 N–H and O–H groups in total. The van der Waals surface area contributed by atoms with E-state index in [-0.39, 0.29) is 6.54 Å². The van der Waals surface area contributed by atoms with Gasteiger partial charge in [0.2, 0.25) is 0 Å². The highest BCUT2D eigenvalue weighted by Gasteiger charge is 2.23. The van der Waals surface area contributed by atoms with Crippen molar-refractivity contribution in [3.63, 3.8) is 0 Å². The third-order valence-corrected chi connectivity index (χ3v) is 4.46. The van der Waals surface area contributed by atoms with Crippen LogP contribution >= 0.6 is 11.3 Å². The number of carbonyl (C=O) groups is 2. The van der Waals surface area contributed by atoms with Gasteiger partial charge >= 0.3 is 11.8 Å². The Morgan fingerprint density at radius 1 is 1.16 bits per heavy atom. The summed E-state index contributed by atoms with van der Waals surface area (Å²) in [5.41, 5.74) is -0.264. The van der Waals surface area contributed by atoms with Crippen LogP contribution in [0.4, 0.5) is 0 Å². The molecule has 0 bridgehead atoms. The van der Waals surface area contributed by atoms with Gasteiger partial charge in [0.05, 0.1) is 19.3 Å². The molecule has 0 unspecified atom stereocenters. The van der Waals surface area contributed by atoms with Crippen LogP contribution in [0, 0.1) is 0 Å². The highest BCUT2D eigenvalue weighted by molar-refractivity contribution is 7.09. The molecule has 0 fully saturated rings. The Hall–Kier alpha value is -2.38. The lowest BCUT2D eigenvalue weighted by atomic mass is 9.96. The SMILES string of the molecule is COc1ccc(C[C@](C)(O)CNC(=O)C(=O)NCc2cccs2)cc1. The Morgan fingerprint density at radius 3 is 2.44 bits per heavy atom. The molecule has 25 heavy (non-hydrogen) atoms. The molecule has 2 aromatic rings. The summed E-state index contributed by atoms with van der Waals surface area (Å²) in [5.74, 6) is -0.737.